The number of benzene rings is 3. The van der Waals surface area contributed by atoms with Crippen LogP contribution in [-0.2, 0) is 11.2 Å². The van der Waals surface area contributed by atoms with Gasteiger partial charge in [0.25, 0.3) is 5.91 Å². The van der Waals surface area contributed by atoms with Crippen molar-refractivity contribution < 1.29 is 4.79 Å². The Hall–Kier alpha value is -2.54. The highest BCUT2D eigenvalue weighted by Crippen LogP contribution is 2.42. The van der Waals surface area contributed by atoms with Crippen molar-refractivity contribution in [2.45, 2.75) is 19.4 Å². The standard InChI is InChI=1S/C25H21BrCl2N4O/c1-15-23(25(33)30-31-13-12-16-4-2-3-5-21(16)31)29-32(22-11-10-19(27)14-20(22)28)24(15)17-6-8-18(26)9-7-17/h2-11,14-15,24H,12-13H2,1H3,(H,30,33)/t15-,24-/m1/s1. The number of para-hydroxylation sites is 1. The average Bonchev–Trinajstić information content (AvgIpc) is 3.36. The first-order chi connectivity index (χ1) is 15.9. The first kappa shape index (κ1) is 22.3. The molecule has 0 radical (unpaired) electrons. The summed E-state index contributed by atoms with van der Waals surface area (Å²) < 4.78 is 0.986. The number of hydrazone groups is 1. The van der Waals surface area contributed by atoms with E-state index >= 15 is 0 Å². The molecule has 3 aromatic rings. The van der Waals surface area contributed by atoms with E-state index in [4.69, 9.17) is 28.3 Å². The molecule has 2 atom stereocenters. The molecule has 0 aromatic heterocycles. The molecule has 0 aliphatic carbocycles. The maximum Gasteiger partial charge on any atom is 0.286 e. The van der Waals surface area contributed by atoms with Crippen LogP contribution in [0.4, 0.5) is 11.4 Å². The Bertz CT molecular complexity index is 1250. The fourth-order valence-electron chi connectivity index (χ4n) is 4.48. The van der Waals surface area contributed by atoms with Crippen LogP contribution in [0.5, 0.6) is 0 Å². The number of hydrogen-bond donors (Lipinski definition) is 1. The maximum absolute atomic E-state index is 13.4. The van der Waals surface area contributed by atoms with Crippen LogP contribution >= 0.6 is 39.1 Å². The van der Waals surface area contributed by atoms with Crippen LogP contribution in [0.2, 0.25) is 10.0 Å². The molecule has 0 fully saturated rings. The summed E-state index contributed by atoms with van der Waals surface area (Å²) in [4.78, 5) is 13.4. The molecule has 5 rings (SSSR count). The molecule has 0 saturated carbocycles. The number of hydrogen-bond acceptors (Lipinski definition) is 4. The number of anilines is 2. The molecule has 1 N–H and O–H groups in total. The molecule has 168 valence electrons. The second kappa shape index (κ2) is 9.01. The third-order valence-corrected chi connectivity index (χ3v) is 7.17. The van der Waals surface area contributed by atoms with Gasteiger partial charge in [0.2, 0.25) is 0 Å². The first-order valence-electron chi connectivity index (χ1n) is 10.7. The maximum atomic E-state index is 13.4. The Kier molecular flexibility index (Phi) is 6.08. The quantitative estimate of drug-likeness (QED) is 0.414. The van der Waals surface area contributed by atoms with E-state index < -0.39 is 0 Å². The van der Waals surface area contributed by atoms with E-state index in [0.29, 0.717) is 21.4 Å². The number of nitrogens with one attached hydrogen (secondary N) is 1. The smallest absolute Gasteiger partial charge is 0.285 e. The lowest BCUT2D eigenvalue weighted by Gasteiger charge is -2.27. The average molecular weight is 544 g/mol. The van der Waals surface area contributed by atoms with Gasteiger partial charge < -0.3 is 0 Å². The predicted octanol–water partition coefficient (Wildman–Crippen LogP) is 6.40. The highest BCUT2D eigenvalue weighted by atomic mass is 79.9. The van der Waals surface area contributed by atoms with Gasteiger partial charge in [0.05, 0.1) is 22.4 Å². The number of hydrazine groups is 1. The topological polar surface area (TPSA) is 47.9 Å². The summed E-state index contributed by atoms with van der Waals surface area (Å²) in [7, 11) is 0. The van der Waals surface area contributed by atoms with Gasteiger partial charge in [-0.05, 0) is 53.9 Å². The van der Waals surface area contributed by atoms with Gasteiger partial charge in [-0.3, -0.25) is 20.2 Å². The van der Waals surface area contributed by atoms with Crippen molar-refractivity contribution in [1.29, 1.82) is 0 Å². The van der Waals surface area contributed by atoms with E-state index in [1.54, 1.807) is 12.1 Å². The van der Waals surface area contributed by atoms with Gasteiger partial charge in [-0.15, -0.1) is 0 Å². The molecule has 2 aliphatic heterocycles. The predicted molar refractivity (Wildman–Crippen MR) is 138 cm³/mol. The minimum Gasteiger partial charge on any atom is -0.285 e. The number of nitrogens with zero attached hydrogens (tertiary/aromatic N) is 3. The third-order valence-electron chi connectivity index (χ3n) is 6.11. The van der Waals surface area contributed by atoms with Crippen LogP contribution in [0, 0.1) is 5.92 Å². The zero-order valence-electron chi connectivity index (χ0n) is 17.8. The first-order valence-corrected chi connectivity index (χ1v) is 12.2. The number of halogens is 3. The molecule has 0 spiro atoms. The van der Waals surface area contributed by atoms with Gasteiger partial charge in [0.1, 0.15) is 5.71 Å². The summed E-state index contributed by atoms with van der Waals surface area (Å²) in [5.41, 5.74) is 7.51. The number of carbonyl (C=O) groups excluding carboxylic acids is 1. The second-order valence-corrected chi connectivity index (χ2v) is 9.94. The summed E-state index contributed by atoms with van der Waals surface area (Å²) in [5.74, 6) is -0.385. The lowest BCUT2D eigenvalue weighted by Crippen LogP contribution is -2.45. The lowest BCUT2D eigenvalue weighted by atomic mass is 9.91. The Labute approximate surface area is 211 Å². The van der Waals surface area contributed by atoms with E-state index in [0.717, 1.165) is 28.7 Å². The van der Waals surface area contributed by atoms with Crippen LogP contribution in [0.15, 0.2) is 76.3 Å². The minimum absolute atomic E-state index is 0.171. The van der Waals surface area contributed by atoms with Crippen LogP contribution in [0.3, 0.4) is 0 Å². The highest BCUT2D eigenvalue weighted by Gasteiger charge is 2.40. The van der Waals surface area contributed by atoms with E-state index in [2.05, 4.69) is 27.4 Å². The summed E-state index contributed by atoms with van der Waals surface area (Å²) in [6.07, 6.45) is 0.895. The summed E-state index contributed by atoms with van der Waals surface area (Å²) in [5, 5.41) is 9.54. The molecule has 0 bridgehead atoms. The molecular weight excluding hydrogens is 523 g/mol. The number of amides is 1. The van der Waals surface area contributed by atoms with Crippen molar-refractivity contribution in [2.24, 2.45) is 11.0 Å². The Morgan fingerprint density at radius 3 is 2.58 bits per heavy atom. The molecule has 5 nitrogen and oxygen atoms in total. The molecule has 33 heavy (non-hydrogen) atoms. The molecular formula is C25H21BrCl2N4O. The fourth-order valence-corrected chi connectivity index (χ4v) is 5.24. The van der Waals surface area contributed by atoms with Gasteiger partial charge in [0, 0.05) is 22.0 Å². The van der Waals surface area contributed by atoms with E-state index in [1.807, 2.05) is 65.5 Å². The van der Waals surface area contributed by atoms with Crippen molar-refractivity contribution in [2.75, 3.05) is 16.6 Å². The number of fused-ring (bicyclic) bond motifs is 1. The summed E-state index contributed by atoms with van der Waals surface area (Å²) in [6, 6.07) is 21.3. The van der Waals surface area contributed by atoms with Crippen molar-refractivity contribution in [3.05, 3.63) is 92.4 Å². The minimum atomic E-state index is -0.214. The molecule has 0 saturated heterocycles. The van der Waals surface area contributed by atoms with E-state index in [9.17, 15) is 4.79 Å². The van der Waals surface area contributed by atoms with E-state index in [1.165, 1.54) is 5.56 Å². The zero-order valence-corrected chi connectivity index (χ0v) is 20.9. The van der Waals surface area contributed by atoms with Crippen LogP contribution in [0.25, 0.3) is 0 Å². The monoisotopic (exact) mass is 542 g/mol. The largest absolute Gasteiger partial charge is 0.286 e. The highest BCUT2D eigenvalue weighted by molar-refractivity contribution is 9.10. The van der Waals surface area contributed by atoms with Gasteiger partial charge in [0.15, 0.2) is 0 Å². The van der Waals surface area contributed by atoms with Crippen LogP contribution in [-0.4, -0.2) is 18.2 Å². The van der Waals surface area contributed by atoms with Gasteiger partial charge >= 0.3 is 0 Å². The van der Waals surface area contributed by atoms with Gasteiger partial charge in [-0.25, -0.2) is 0 Å². The van der Waals surface area contributed by atoms with Crippen LogP contribution < -0.4 is 15.4 Å². The molecule has 2 heterocycles. The van der Waals surface area contributed by atoms with Crippen molar-refractivity contribution in [3.63, 3.8) is 0 Å². The van der Waals surface area contributed by atoms with Gasteiger partial charge in [-0.2, -0.15) is 5.10 Å². The Morgan fingerprint density at radius 2 is 1.82 bits per heavy atom. The fraction of sp³-hybridized carbons (Fsp3) is 0.200. The summed E-state index contributed by atoms with van der Waals surface area (Å²) >= 11 is 16.2. The number of carbonyl (C=O) groups is 1. The number of rotatable bonds is 4. The molecule has 2 aliphatic rings. The van der Waals surface area contributed by atoms with Crippen LogP contribution in [0.1, 0.15) is 24.1 Å². The Morgan fingerprint density at radius 1 is 1.06 bits per heavy atom. The van der Waals surface area contributed by atoms with Crippen molar-refractivity contribution in [3.8, 4) is 0 Å². The molecule has 3 aromatic carbocycles. The summed E-state index contributed by atoms with van der Waals surface area (Å²) in [6.45, 7) is 2.75. The molecule has 8 heteroatoms. The molecule has 1 amide bonds. The molecule has 0 unspecified atom stereocenters. The SMILES string of the molecule is C[C@@H]1C(C(=O)NN2CCc3ccccc32)=NN(c2ccc(Cl)cc2Cl)[C@H]1c1ccc(Br)cc1. The van der Waals surface area contributed by atoms with E-state index in [-0.39, 0.29) is 17.9 Å². The normalized spacial score (nSPS) is 19.5. The third kappa shape index (κ3) is 4.23. The zero-order chi connectivity index (χ0) is 23.1. The Balaban J connectivity index is 1.49. The van der Waals surface area contributed by atoms with Crippen molar-refractivity contribution >= 4 is 62.1 Å². The van der Waals surface area contributed by atoms with Gasteiger partial charge in [-0.1, -0.05) is 76.4 Å². The second-order valence-electron chi connectivity index (χ2n) is 8.18. The van der Waals surface area contributed by atoms with Crippen molar-refractivity contribution in [1.82, 2.24) is 5.43 Å². The lowest BCUT2D eigenvalue weighted by molar-refractivity contribution is -0.115.